The van der Waals surface area contributed by atoms with Crippen LogP contribution < -0.4 is 5.32 Å². The lowest BCUT2D eigenvalue weighted by atomic mass is 10.3. The van der Waals surface area contributed by atoms with Gasteiger partial charge in [0.1, 0.15) is 5.03 Å². The summed E-state index contributed by atoms with van der Waals surface area (Å²) in [7, 11) is 1.68. The molecular weight excluding hydrogens is 281 g/mol. The van der Waals surface area contributed by atoms with Crippen molar-refractivity contribution in [3.8, 4) is 0 Å². The minimum absolute atomic E-state index is 0.221. The second kappa shape index (κ2) is 5.70. The van der Waals surface area contributed by atoms with E-state index in [4.69, 9.17) is 0 Å². The average Bonchev–Trinajstić information content (AvgIpc) is 3.11. The molecule has 1 N–H and O–H groups in total. The minimum atomic E-state index is -0.477. The number of nitrogens with one attached hydrogen (secondary N) is 1. The highest BCUT2D eigenvalue weighted by molar-refractivity contribution is 7.99. The van der Waals surface area contributed by atoms with E-state index in [9.17, 15) is 4.39 Å². The lowest BCUT2D eigenvalue weighted by molar-refractivity contribution is 0.422. The van der Waals surface area contributed by atoms with Crippen LogP contribution in [0.4, 0.5) is 10.3 Å². The summed E-state index contributed by atoms with van der Waals surface area (Å²) in [6.07, 6.45) is 5.63. The maximum Gasteiger partial charge on any atom is 0.223 e. The summed E-state index contributed by atoms with van der Waals surface area (Å²) < 4.78 is 15.5. The molecule has 1 aliphatic rings. The zero-order chi connectivity index (χ0) is 13.9. The van der Waals surface area contributed by atoms with E-state index in [0.29, 0.717) is 17.1 Å². The summed E-state index contributed by atoms with van der Waals surface area (Å²) in [6, 6.07) is 0.307. The third-order valence-corrected chi connectivity index (χ3v) is 4.19. The molecule has 7 nitrogen and oxygen atoms in total. The van der Waals surface area contributed by atoms with Gasteiger partial charge in [-0.25, -0.2) is 19.0 Å². The molecule has 0 unspecified atom stereocenters. The number of nitrogens with zero attached hydrogens (tertiary/aromatic N) is 6. The van der Waals surface area contributed by atoms with E-state index in [1.54, 1.807) is 11.7 Å². The molecule has 1 fully saturated rings. The van der Waals surface area contributed by atoms with E-state index in [1.807, 2.05) is 0 Å². The Hall–Kier alpha value is -1.77. The monoisotopic (exact) mass is 295 g/mol. The molecule has 1 saturated carbocycles. The molecular formula is C11H14FN7S. The van der Waals surface area contributed by atoms with Crippen molar-refractivity contribution >= 4 is 17.7 Å². The van der Waals surface area contributed by atoms with Gasteiger partial charge in [-0.15, -0.1) is 5.10 Å². The van der Waals surface area contributed by atoms with E-state index in [0.717, 1.165) is 30.8 Å². The van der Waals surface area contributed by atoms with Gasteiger partial charge >= 0.3 is 0 Å². The Labute approximate surface area is 119 Å². The molecule has 0 radical (unpaired) electrons. The van der Waals surface area contributed by atoms with E-state index in [-0.39, 0.29) is 5.03 Å². The van der Waals surface area contributed by atoms with Crippen molar-refractivity contribution in [1.82, 2.24) is 30.2 Å². The molecule has 3 rings (SSSR count). The summed E-state index contributed by atoms with van der Waals surface area (Å²) in [6.45, 7) is 0. The van der Waals surface area contributed by atoms with Crippen LogP contribution in [0.15, 0.2) is 16.4 Å². The van der Waals surface area contributed by atoms with Crippen molar-refractivity contribution < 1.29 is 4.39 Å². The molecule has 0 amide bonds. The number of tetrazole rings is 1. The summed E-state index contributed by atoms with van der Waals surface area (Å²) in [5.74, 6) is -0.108. The van der Waals surface area contributed by atoms with Crippen molar-refractivity contribution in [2.75, 3.05) is 12.4 Å². The molecule has 0 atom stereocenters. The van der Waals surface area contributed by atoms with Gasteiger partial charge in [-0.05, 0) is 35.0 Å². The van der Waals surface area contributed by atoms with Gasteiger partial charge in [0.25, 0.3) is 0 Å². The Bertz CT molecular complexity index is 596. The quantitative estimate of drug-likeness (QED) is 0.863. The molecule has 0 saturated heterocycles. The largest absolute Gasteiger partial charge is 0.357 e. The SMILES string of the molecule is CNc1ncc(F)c(Sc2nnnn2C2CCCC2)n1. The highest BCUT2D eigenvalue weighted by Crippen LogP contribution is 2.33. The lowest BCUT2D eigenvalue weighted by Gasteiger charge is -2.10. The highest BCUT2D eigenvalue weighted by atomic mass is 32.2. The average molecular weight is 295 g/mol. The van der Waals surface area contributed by atoms with E-state index in [2.05, 4.69) is 30.8 Å². The fourth-order valence-corrected chi connectivity index (χ4v) is 3.07. The first-order chi connectivity index (χ1) is 9.78. The number of anilines is 1. The topological polar surface area (TPSA) is 81.4 Å². The van der Waals surface area contributed by atoms with Gasteiger partial charge in [-0.1, -0.05) is 12.8 Å². The Morgan fingerprint density at radius 2 is 2.20 bits per heavy atom. The Morgan fingerprint density at radius 3 is 2.95 bits per heavy atom. The van der Waals surface area contributed by atoms with Crippen LogP contribution in [-0.2, 0) is 0 Å². The molecule has 2 aromatic rings. The van der Waals surface area contributed by atoms with Crippen LogP contribution in [-0.4, -0.2) is 37.2 Å². The van der Waals surface area contributed by atoms with Gasteiger partial charge in [-0.2, -0.15) is 0 Å². The molecule has 0 aliphatic heterocycles. The third kappa shape index (κ3) is 2.58. The van der Waals surface area contributed by atoms with Gasteiger partial charge in [-0.3, -0.25) is 0 Å². The molecule has 0 bridgehead atoms. The Balaban J connectivity index is 1.86. The summed E-state index contributed by atoms with van der Waals surface area (Å²) in [5.41, 5.74) is 0. The standard InChI is InChI=1S/C11H14FN7S/c1-13-10-14-6-8(12)9(15-10)20-11-16-17-18-19(11)7-4-2-3-5-7/h6-7H,2-5H2,1H3,(H,13,14,15). The lowest BCUT2D eigenvalue weighted by Crippen LogP contribution is -2.08. The van der Waals surface area contributed by atoms with Crippen LogP contribution in [0.5, 0.6) is 0 Å². The number of hydrogen-bond donors (Lipinski definition) is 1. The van der Waals surface area contributed by atoms with Gasteiger partial charge < -0.3 is 5.32 Å². The van der Waals surface area contributed by atoms with Crippen LogP contribution >= 0.6 is 11.8 Å². The maximum absolute atomic E-state index is 13.8. The third-order valence-electron chi connectivity index (χ3n) is 3.26. The fourth-order valence-electron chi connectivity index (χ4n) is 2.26. The second-order valence-corrected chi connectivity index (χ2v) is 5.50. The number of hydrogen-bond acceptors (Lipinski definition) is 7. The highest BCUT2D eigenvalue weighted by Gasteiger charge is 2.23. The molecule has 1 aliphatic carbocycles. The van der Waals surface area contributed by atoms with Crippen molar-refractivity contribution in [2.45, 2.75) is 41.9 Å². The van der Waals surface area contributed by atoms with Crippen molar-refractivity contribution in [2.24, 2.45) is 0 Å². The zero-order valence-electron chi connectivity index (χ0n) is 11.0. The number of halogens is 1. The van der Waals surface area contributed by atoms with Crippen LogP contribution in [0.25, 0.3) is 0 Å². The van der Waals surface area contributed by atoms with Gasteiger partial charge in [0.2, 0.25) is 11.1 Å². The van der Waals surface area contributed by atoms with Gasteiger partial charge in [0, 0.05) is 7.05 Å². The first-order valence-corrected chi connectivity index (χ1v) is 7.25. The predicted octanol–water partition coefficient (Wildman–Crippen LogP) is 1.91. The van der Waals surface area contributed by atoms with Crippen LogP contribution in [0.3, 0.4) is 0 Å². The molecule has 0 spiro atoms. The smallest absolute Gasteiger partial charge is 0.223 e. The van der Waals surface area contributed by atoms with Crippen LogP contribution in [0.1, 0.15) is 31.7 Å². The zero-order valence-corrected chi connectivity index (χ0v) is 11.8. The fraction of sp³-hybridized carbons (Fsp3) is 0.545. The molecule has 106 valence electrons. The summed E-state index contributed by atoms with van der Waals surface area (Å²) in [4.78, 5) is 7.91. The second-order valence-electron chi connectivity index (χ2n) is 4.54. The Morgan fingerprint density at radius 1 is 1.40 bits per heavy atom. The first-order valence-electron chi connectivity index (χ1n) is 6.44. The Kier molecular flexibility index (Phi) is 3.77. The van der Waals surface area contributed by atoms with E-state index >= 15 is 0 Å². The van der Waals surface area contributed by atoms with Crippen LogP contribution in [0.2, 0.25) is 0 Å². The summed E-state index contributed by atoms with van der Waals surface area (Å²) in [5, 5.41) is 15.3. The van der Waals surface area contributed by atoms with Gasteiger partial charge in [0.05, 0.1) is 12.2 Å². The van der Waals surface area contributed by atoms with E-state index < -0.39 is 5.82 Å². The van der Waals surface area contributed by atoms with Gasteiger partial charge in [0.15, 0.2) is 5.82 Å². The molecule has 2 heterocycles. The maximum atomic E-state index is 13.8. The normalized spacial score (nSPS) is 15.7. The van der Waals surface area contributed by atoms with Crippen molar-refractivity contribution in [1.29, 1.82) is 0 Å². The number of rotatable bonds is 4. The summed E-state index contributed by atoms with van der Waals surface area (Å²) >= 11 is 1.12. The molecule has 9 heteroatoms. The van der Waals surface area contributed by atoms with E-state index in [1.165, 1.54) is 12.8 Å². The first kappa shape index (κ1) is 13.2. The van der Waals surface area contributed by atoms with Crippen molar-refractivity contribution in [3.63, 3.8) is 0 Å². The molecule has 20 heavy (non-hydrogen) atoms. The molecule has 0 aromatic carbocycles. The van der Waals surface area contributed by atoms with Crippen LogP contribution in [0, 0.1) is 5.82 Å². The number of aromatic nitrogens is 6. The predicted molar refractivity (Wildman–Crippen MR) is 71.0 cm³/mol. The van der Waals surface area contributed by atoms with Crippen molar-refractivity contribution in [3.05, 3.63) is 12.0 Å². The minimum Gasteiger partial charge on any atom is -0.357 e. The molecule has 2 aromatic heterocycles.